The fraction of sp³-hybridized carbons (Fsp3) is 0.290. The molecule has 1 N–H and O–H groups in total. The van der Waals surface area contributed by atoms with Crippen molar-refractivity contribution in [1.29, 1.82) is 0 Å². The number of hydrogen-bond donors (Lipinski definition) is 1. The summed E-state index contributed by atoms with van der Waals surface area (Å²) in [5, 5.41) is 2.56. The second-order valence-corrected chi connectivity index (χ2v) is 10.2. The van der Waals surface area contributed by atoms with Gasteiger partial charge in [0, 0.05) is 12.8 Å². The summed E-state index contributed by atoms with van der Waals surface area (Å²) in [5.74, 6) is -6.69. The maximum absolute atomic E-state index is 14.9. The fourth-order valence-corrected chi connectivity index (χ4v) is 5.20. The van der Waals surface area contributed by atoms with E-state index in [4.69, 9.17) is 4.74 Å². The van der Waals surface area contributed by atoms with Crippen LogP contribution in [0.5, 0.6) is 5.75 Å². The fourth-order valence-electron chi connectivity index (χ4n) is 5.20. The average Bonchev–Trinajstić information content (AvgIpc) is 3.28. The van der Waals surface area contributed by atoms with Crippen molar-refractivity contribution in [3.63, 3.8) is 0 Å². The van der Waals surface area contributed by atoms with Crippen molar-refractivity contribution in [2.45, 2.75) is 43.4 Å². The maximum atomic E-state index is 14.9. The number of carbonyl (C=O) groups is 2. The average molecular weight is 609 g/mol. The molecule has 0 aliphatic carbocycles. The third kappa shape index (κ3) is 6.84. The summed E-state index contributed by atoms with van der Waals surface area (Å²) in [4.78, 5) is 27.2. The van der Waals surface area contributed by atoms with Gasteiger partial charge in [0.25, 0.3) is 5.92 Å². The maximum Gasteiger partial charge on any atom is 0.416 e. The van der Waals surface area contributed by atoms with E-state index in [-0.39, 0.29) is 23.8 Å². The summed E-state index contributed by atoms with van der Waals surface area (Å²) in [7, 11) is 1.15. The highest BCUT2D eigenvalue weighted by Crippen LogP contribution is 2.41. The molecule has 3 aromatic rings. The quantitative estimate of drug-likeness (QED) is 0.221. The first-order valence-corrected chi connectivity index (χ1v) is 13.1. The van der Waals surface area contributed by atoms with Gasteiger partial charge in [-0.1, -0.05) is 42.5 Å². The Hall–Kier alpha value is -4.35. The van der Waals surface area contributed by atoms with Gasteiger partial charge < -0.3 is 15.0 Å². The number of alkyl halides is 5. The van der Waals surface area contributed by atoms with Crippen LogP contribution in [0, 0.1) is 11.6 Å². The Balaban J connectivity index is 1.98. The molecule has 0 bridgehead atoms. The van der Waals surface area contributed by atoms with Crippen LogP contribution in [0.3, 0.4) is 0 Å². The number of allylic oxidation sites excluding steroid dienone is 1. The minimum atomic E-state index is -5.00. The van der Waals surface area contributed by atoms with Crippen molar-refractivity contribution in [2.75, 3.05) is 13.7 Å². The Bertz CT molecular complexity index is 1530. The second kappa shape index (κ2) is 12.1. The molecule has 0 aromatic heterocycles. The Morgan fingerprint density at radius 3 is 2.30 bits per heavy atom. The van der Waals surface area contributed by atoms with E-state index in [0.29, 0.717) is 16.5 Å². The molecular formula is C31H27F7N2O3. The van der Waals surface area contributed by atoms with Crippen LogP contribution in [-0.4, -0.2) is 42.3 Å². The summed E-state index contributed by atoms with van der Waals surface area (Å²) >= 11 is 0. The number of methoxy groups -OCH3 is 1. The predicted octanol–water partition coefficient (Wildman–Crippen LogP) is 7.04. The summed E-state index contributed by atoms with van der Waals surface area (Å²) in [6.45, 7) is 0.336. The van der Waals surface area contributed by atoms with E-state index in [0.717, 1.165) is 31.4 Å². The summed E-state index contributed by atoms with van der Waals surface area (Å²) in [6.07, 6.45) is -3.94. The molecule has 43 heavy (non-hydrogen) atoms. The van der Waals surface area contributed by atoms with Crippen LogP contribution >= 0.6 is 0 Å². The lowest BCUT2D eigenvalue weighted by atomic mass is 9.77. The van der Waals surface area contributed by atoms with Crippen LogP contribution in [0.15, 0.2) is 78.9 Å². The second-order valence-electron chi connectivity index (χ2n) is 10.2. The van der Waals surface area contributed by atoms with Gasteiger partial charge in [-0.05, 0) is 60.0 Å². The van der Waals surface area contributed by atoms with E-state index in [2.05, 4.69) is 5.32 Å². The van der Waals surface area contributed by atoms with Crippen LogP contribution < -0.4 is 10.1 Å². The minimum absolute atomic E-state index is 0.0380. The SMILES string of the molecule is C/C=C/C(=O)[C@@H]1CC(F)(F)CN1C(=O)N[C@@](Cc1ccccc1)(c1cc(F)cc(C(F)(F)F)c1)c1ccc(F)c(OC)c1. The monoisotopic (exact) mass is 608 g/mol. The van der Waals surface area contributed by atoms with Crippen LogP contribution in [0.2, 0.25) is 0 Å². The number of halogens is 7. The van der Waals surface area contributed by atoms with Gasteiger partial charge in [0.1, 0.15) is 11.9 Å². The number of rotatable bonds is 8. The van der Waals surface area contributed by atoms with Crippen molar-refractivity contribution in [2.24, 2.45) is 0 Å². The van der Waals surface area contributed by atoms with Crippen molar-refractivity contribution in [3.05, 3.63) is 113 Å². The highest BCUT2D eigenvalue weighted by Gasteiger charge is 2.51. The molecule has 2 atom stereocenters. The lowest BCUT2D eigenvalue weighted by Gasteiger charge is -2.39. The Morgan fingerprint density at radius 2 is 1.67 bits per heavy atom. The number of nitrogens with one attached hydrogen (secondary N) is 1. The summed E-state index contributed by atoms with van der Waals surface area (Å²) < 4.78 is 105. The number of amides is 2. The topological polar surface area (TPSA) is 58.6 Å². The highest BCUT2D eigenvalue weighted by atomic mass is 19.4. The first-order valence-electron chi connectivity index (χ1n) is 13.1. The third-order valence-corrected chi connectivity index (χ3v) is 7.18. The largest absolute Gasteiger partial charge is 0.494 e. The molecule has 0 spiro atoms. The zero-order valence-corrected chi connectivity index (χ0v) is 23.0. The van der Waals surface area contributed by atoms with Gasteiger partial charge >= 0.3 is 12.2 Å². The third-order valence-electron chi connectivity index (χ3n) is 7.18. The number of likely N-dealkylation sites (tertiary alicyclic amines) is 1. The molecule has 1 aliphatic heterocycles. The lowest BCUT2D eigenvalue weighted by molar-refractivity contribution is -0.137. The molecule has 0 unspecified atom stereocenters. The first kappa shape index (κ1) is 31.6. The predicted molar refractivity (Wildman–Crippen MR) is 144 cm³/mol. The Morgan fingerprint density at radius 1 is 1.00 bits per heavy atom. The van der Waals surface area contributed by atoms with Gasteiger partial charge in [-0.15, -0.1) is 0 Å². The first-order chi connectivity index (χ1) is 20.2. The smallest absolute Gasteiger partial charge is 0.416 e. The van der Waals surface area contributed by atoms with E-state index in [1.807, 2.05) is 0 Å². The number of benzene rings is 3. The number of urea groups is 1. The molecule has 12 heteroatoms. The van der Waals surface area contributed by atoms with Crippen molar-refractivity contribution >= 4 is 11.8 Å². The van der Waals surface area contributed by atoms with E-state index in [1.54, 1.807) is 30.3 Å². The van der Waals surface area contributed by atoms with Crippen LogP contribution in [-0.2, 0) is 22.9 Å². The van der Waals surface area contributed by atoms with Crippen LogP contribution in [0.1, 0.15) is 35.6 Å². The lowest BCUT2D eigenvalue weighted by Crippen LogP contribution is -2.55. The molecule has 1 heterocycles. The van der Waals surface area contributed by atoms with Crippen molar-refractivity contribution in [1.82, 2.24) is 10.2 Å². The Kier molecular flexibility index (Phi) is 8.89. The number of ketones is 1. The van der Waals surface area contributed by atoms with E-state index < -0.39 is 71.2 Å². The van der Waals surface area contributed by atoms with Gasteiger partial charge in [-0.2, -0.15) is 13.2 Å². The molecule has 4 rings (SSSR count). The molecule has 1 aliphatic rings. The van der Waals surface area contributed by atoms with Gasteiger partial charge in [-0.3, -0.25) is 4.79 Å². The van der Waals surface area contributed by atoms with Crippen molar-refractivity contribution < 1.29 is 45.1 Å². The van der Waals surface area contributed by atoms with Gasteiger partial charge in [0.15, 0.2) is 17.3 Å². The Labute approximate surface area is 242 Å². The van der Waals surface area contributed by atoms with Crippen molar-refractivity contribution in [3.8, 4) is 5.75 Å². The molecule has 1 fully saturated rings. The molecule has 2 amide bonds. The normalized spacial score (nSPS) is 18.0. The summed E-state index contributed by atoms with van der Waals surface area (Å²) in [6, 6.07) is 10.2. The zero-order chi connectivity index (χ0) is 31.6. The van der Waals surface area contributed by atoms with Gasteiger partial charge in [-0.25, -0.2) is 22.4 Å². The van der Waals surface area contributed by atoms with Gasteiger partial charge in [0.05, 0.1) is 24.8 Å². The van der Waals surface area contributed by atoms with E-state index in [1.165, 1.54) is 19.1 Å². The van der Waals surface area contributed by atoms with E-state index >= 15 is 0 Å². The number of hydrogen-bond acceptors (Lipinski definition) is 3. The molecule has 228 valence electrons. The van der Waals surface area contributed by atoms with Crippen LogP contribution in [0.25, 0.3) is 0 Å². The number of nitrogens with zero attached hydrogens (tertiary/aromatic N) is 1. The molecule has 5 nitrogen and oxygen atoms in total. The molecule has 0 saturated carbocycles. The minimum Gasteiger partial charge on any atom is -0.494 e. The summed E-state index contributed by atoms with van der Waals surface area (Å²) in [5.41, 5.74) is -3.49. The zero-order valence-electron chi connectivity index (χ0n) is 23.0. The van der Waals surface area contributed by atoms with Crippen LogP contribution in [0.4, 0.5) is 35.5 Å². The molecule has 1 saturated heterocycles. The standard InChI is InChI=1S/C31H27F7N2O3/c1-3-7-26(41)25-17-29(34,35)18-40(25)28(42)39-30(16-19-8-5-4-6-9-19,20-10-11-24(33)27(15-20)43-2)21-12-22(31(36,37)38)14-23(32)13-21/h3-15,25H,16-18H2,1-2H3,(H,39,42)/b7-3+/t25-,30+/m0/s1. The highest BCUT2D eigenvalue weighted by molar-refractivity contribution is 5.97. The number of ether oxygens (including phenoxy) is 1. The van der Waals surface area contributed by atoms with Gasteiger partial charge in [0.2, 0.25) is 0 Å². The molecular weight excluding hydrogens is 581 g/mol. The molecule has 0 radical (unpaired) electrons. The number of carbonyl (C=O) groups excluding carboxylic acids is 2. The van der Waals surface area contributed by atoms with E-state index in [9.17, 15) is 40.3 Å². The molecule has 3 aromatic carbocycles.